The summed E-state index contributed by atoms with van der Waals surface area (Å²) in [5.74, 6) is -2.88. The Kier molecular flexibility index (Phi) is 3.73. The zero-order chi connectivity index (χ0) is 14.2. The highest BCUT2D eigenvalue weighted by atomic mass is 35.5. The number of halogens is 4. The number of hydrogen-bond acceptors (Lipinski definition) is 2. The molecule has 19 heavy (non-hydrogen) atoms. The summed E-state index contributed by atoms with van der Waals surface area (Å²) in [5, 5.41) is -0.0670. The molecule has 2 nitrogen and oxygen atoms in total. The van der Waals surface area contributed by atoms with Crippen molar-refractivity contribution in [3.8, 4) is 0 Å². The highest BCUT2D eigenvalue weighted by Crippen LogP contribution is 2.27. The Balaban J connectivity index is 2.53. The van der Waals surface area contributed by atoms with Gasteiger partial charge in [0.2, 0.25) is 0 Å². The molecule has 6 heteroatoms. The van der Waals surface area contributed by atoms with Crippen LogP contribution in [0, 0.1) is 11.6 Å². The van der Waals surface area contributed by atoms with Crippen molar-refractivity contribution in [1.82, 2.24) is 0 Å². The number of carbonyl (C=O) groups is 1. The molecule has 98 valence electrons. The third-order valence-electron chi connectivity index (χ3n) is 2.49. The van der Waals surface area contributed by atoms with Crippen LogP contribution in [0.15, 0.2) is 30.3 Å². The summed E-state index contributed by atoms with van der Waals surface area (Å²) in [6.07, 6.45) is 0. The van der Waals surface area contributed by atoms with Crippen molar-refractivity contribution in [1.29, 1.82) is 0 Å². The molecule has 0 unspecified atom stereocenters. The van der Waals surface area contributed by atoms with E-state index in [0.29, 0.717) is 5.69 Å². The molecule has 0 radical (unpaired) electrons. The van der Waals surface area contributed by atoms with Gasteiger partial charge >= 0.3 is 0 Å². The largest absolute Gasteiger partial charge is 0.399 e. The second-order valence-corrected chi connectivity index (χ2v) is 4.63. The fourth-order valence-electron chi connectivity index (χ4n) is 1.56. The maximum Gasteiger partial charge on any atom is 0.196 e. The van der Waals surface area contributed by atoms with Crippen LogP contribution in [0.5, 0.6) is 0 Å². The maximum absolute atomic E-state index is 13.2. The number of nitrogen functional groups attached to an aromatic ring is 1. The molecule has 2 rings (SSSR count). The summed E-state index contributed by atoms with van der Waals surface area (Å²) in [7, 11) is 0. The number of carbonyl (C=O) groups excluding carboxylic acids is 1. The smallest absolute Gasteiger partial charge is 0.196 e. The third-order valence-corrected chi connectivity index (χ3v) is 3.12. The summed E-state index contributed by atoms with van der Waals surface area (Å²) in [5.41, 5.74) is 5.85. The predicted octanol–water partition coefficient (Wildman–Crippen LogP) is 4.08. The number of hydrogen-bond donors (Lipinski definition) is 1. The first-order valence-electron chi connectivity index (χ1n) is 5.14. The summed E-state index contributed by atoms with van der Waals surface area (Å²) >= 11 is 11.6. The Morgan fingerprint density at radius 3 is 2.16 bits per heavy atom. The fraction of sp³-hybridized carbons (Fsp3) is 0. The molecule has 0 aliphatic heterocycles. The minimum Gasteiger partial charge on any atom is -0.399 e. The molecule has 2 aromatic carbocycles. The average molecular weight is 302 g/mol. The predicted molar refractivity (Wildman–Crippen MR) is 70.7 cm³/mol. The Labute approximate surface area is 117 Å². The van der Waals surface area contributed by atoms with Crippen LogP contribution in [0.2, 0.25) is 10.0 Å². The maximum atomic E-state index is 13.2. The van der Waals surface area contributed by atoms with E-state index in [1.807, 2.05) is 0 Å². The lowest BCUT2D eigenvalue weighted by atomic mass is 10.0. The number of nitrogens with two attached hydrogens (primary N) is 1. The number of benzene rings is 2. The van der Waals surface area contributed by atoms with Crippen LogP contribution in [-0.4, -0.2) is 5.78 Å². The Hall–Kier alpha value is -1.65. The molecular formula is C13H7Cl2F2NO. The summed E-state index contributed by atoms with van der Waals surface area (Å²) in [4.78, 5) is 12.2. The van der Waals surface area contributed by atoms with E-state index in [9.17, 15) is 13.6 Å². The van der Waals surface area contributed by atoms with Crippen LogP contribution in [0.4, 0.5) is 14.5 Å². The molecule has 2 aromatic rings. The number of anilines is 1. The first-order chi connectivity index (χ1) is 8.90. The van der Waals surface area contributed by atoms with E-state index >= 15 is 0 Å². The average Bonchev–Trinajstić information content (AvgIpc) is 2.33. The van der Waals surface area contributed by atoms with Gasteiger partial charge in [0.1, 0.15) is 0 Å². The van der Waals surface area contributed by atoms with Crippen molar-refractivity contribution in [2.24, 2.45) is 0 Å². The van der Waals surface area contributed by atoms with E-state index in [2.05, 4.69) is 0 Å². The molecule has 0 fully saturated rings. The SMILES string of the molecule is Nc1ccc(C(=O)c2cc(F)c(F)cc2Cl)c(Cl)c1. The highest BCUT2D eigenvalue weighted by molar-refractivity contribution is 6.38. The van der Waals surface area contributed by atoms with E-state index in [1.165, 1.54) is 18.2 Å². The van der Waals surface area contributed by atoms with Gasteiger partial charge in [0.15, 0.2) is 17.4 Å². The Bertz CT molecular complexity index is 674. The van der Waals surface area contributed by atoms with Crippen molar-refractivity contribution in [3.63, 3.8) is 0 Å². The molecule has 0 spiro atoms. The molecule has 0 saturated heterocycles. The lowest BCUT2D eigenvalue weighted by molar-refractivity contribution is 0.103. The van der Waals surface area contributed by atoms with Gasteiger partial charge in [-0.25, -0.2) is 8.78 Å². The number of ketones is 1. The third kappa shape index (κ3) is 2.69. The van der Waals surface area contributed by atoms with Crippen LogP contribution in [-0.2, 0) is 0 Å². The molecular weight excluding hydrogens is 295 g/mol. The van der Waals surface area contributed by atoms with E-state index in [4.69, 9.17) is 28.9 Å². The second kappa shape index (κ2) is 5.15. The summed E-state index contributed by atoms with van der Waals surface area (Å²) in [6.45, 7) is 0. The Morgan fingerprint density at radius 2 is 1.53 bits per heavy atom. The van der Waals surface area contributed by atoms with Crippen molar-refractivity contribution in [3.05, 3.63) is 63.1 Å². The molecule has 0 aromatic heterocycles. The molecule has 0 saturated carbocycles. The lowest BCUT2D eigenvalue weighted by Gasteiger charge is -2.07. The van der Waals surface area contributed by atoms with Gasteiger partial charge in [-0.15, -0.1) is 0 Å². The molecule has 0 bridgehead atoms. The van der Waals surface area contributed by atoms with Crippen molar-refractivity contribution in [2.45, 2.75) is 0 Å². The molecule has 0 amide bonds. The summed E-state index contributed by atoms with van der Waals surface area (Å²) < 4.78 is 26.1. The molecule has 0 atom stereocenters. The monoisotopic (exact) mass is 301 g/mol. The Morgan fingerprint density at radius 1 is 0.947 bits per heavy atom. The highest BCUT2D eigenvalue weighted by Gasteiger charge is 2.18. The van der Waals surface area contributed by atoms with E-state index in [-0.39, 0.29) is 21.2 Å². The zero-order valence-electron chi connectivity index (χ0n) is 9.38. The van der Waals surface area contributed by atoms with Crippen molar-refractivity contribution < 1.29 is 13.6 Å². The second-order valence-electron chi connectivity index (χ2n) is 3.81. The van der Waals surface area contributed by atoms with Gasteiger partial charge in [-0.1, -0.05) is 23.2 Å². The van der Waals surface area contributed by atoms with Crippen LogP contribution < -0.4 is 5.73 Å². The quantitative estimate of drug-likeness (QED) is 0.516. The fourth-order valence-corrected chi connectivity index (χ4v) is 2.07. The van der Waals surface area contributed by atoms with Gasteiger partial charge < -0.3 is 5.73 Å². The van der Waals surface area contributed by atoms with E-state index in [0.717, 1.165) is 12.1 Å². The van der Waals surface area contributed by atoms with Crippen LogP contribution in [0.3, 0.4) is 0 Å². The molecule has 0 heterocycles. The van der Waals surface area contributed by atoms with E-state index < -0.39 is 17.4 Å². The van der Waals surface area contributed by atoms with Gasteiger partial charge in [0.05, 0.1) is 10.0 Å². The van der Waals surface area contributed by atoms with Gasteiger partial charge in [0, 0.05) is 16.8 Å². The standard InChI is InChI=1S/C13H7Cl2F2NO/c14-9-3-6(18)1-2-7(9)13(19)8-4-11(16)12(17)5-10(8)15/h1-5H,18H2. The van der Waals surface area contributed by atoms with Crippen molar-refractivity contribution >= 4 is 34.7 Å². The van der Waals surface area contributed by atoms with Gasteiger partial charge in [-0.3, -0.25) is 4.79 Å². The lowest BCUT2D eigenvalue weighted by Crippen LogP contribution is -2.05. The first-order valence-corrected chi connectivity index (χ1v) is 5.90. The van der Waals surface area contributed by atoms with Crippen molar-refractivity contribution in [2.75, 3.05) is 5.73 Å². The minimum atomic E-state index is -1.15. The van der Waals surface area contributed by atoms with Crippen LogP contribution in [0.25, 0.3) is 0 Å². The molecule has 0 aliphatic rings. The first kappa shape index (κ1) is 13.8. The van der Waals surface area contributed by atoms with Crippen LogP contribution in [0.1, 0.15) is 15.9 Å². The van der Waals surface area contributed by atoms with Gasteiger partial charge in [0.25, 0.3) is 0 Å². The minimum absolute atomic E-state index is 0.115. The topological polar surface area (TPSA) is 43.1 Å². The normalized spacial score (nSPS) is 10.5. The number of rotatable bonds is 2. The zero-order valence-corrected chi connectivity index (χ0v) is 10.9. The van der Waals surface area contributed by atoms with Gasteiger partial charge in [-0.2, -0.15) is 0 Å². The van der Waals surface area contributed by atoms with Crippen LogP contribution >= 0.6 is 23.2 Å². The summed E-state index contributed by atoms with van der Waals surface area (Å²) in [6, 6.07) is 5.76. The van der Waals surface area contributed by atoms with Gasteiger partial charge in [-0.05, 0) is 30.3 Å². The molecule has 0 aliphatic carbocycles. The molecule has 2 N–H and O–H groups in total. The van der Waals surface area contributed by atoms with E-state index in [1.54, 1.807) is 0 Å².